The maximum Gasteiger partial charge on any atom is 0.339 e. The molecule has 7 nitrogen and oxygen atoms in total. The number of hydrogen-bond donors (Lipinski definition) is 3. The van der Waals surface area contributed by atoms with Crippen molar-refractivity contribution in [3.05, 3.63) is 47.2 Å². The number of sulfonamides is 1. The van der Waals surface area contributed by atoms with Gasteiger partial charge in [-0.2, -0.15) is 0 Å². The van der Waals surface area contributed by atoms with E-state index in [1.807, 2.05) is 0 Å². The second-order valence-corrected chi connectivity index (χ2v) is 6.10. The molecule has 0 saturated heterocycles. The Balaban J connectivity index is 2.33. The van der Waals surface area contributed by atoms with E-state index in [0.717, 1.165) is 18.3 Å². The first-order valence-electron chi connectivity index (χ1n) is 5.49. The molecule has 0 radical (unpaired) electrons. The number of hydrogen-bond acceptors (Lipinski definition) is 5. The normalized spacial score (nSPS) is 11.1. The fourth-order valence-corrected chi connectivity index (χ4v) is 2.80. The molecule has 0 aliphatic rings. The van der Waals surface area contributed by atoms with Crippen molar-refractivity contribution in [3.8, 4) is 5.75 Å². The summed E-state index contributed by atoms with van der Waals surface area (Å²) >= 11 is 5.67. The highest BCUT2D eigenvalue weighted by molar-refractivity contribution is 7.92. The predicted octanol–water partition coefficient (Wildman–Crippen LogP) is 1.94. The molecule has 0 amide bonds. The number of halogens is 1. The van der Waals surface area contributed by atoms with Crippen LogP contribution in [0.4, 0.5) is 5.69 Å². The number of aromatic hydroxyl groups is 1. The van der Waals surface area contributed by atoms with Crippen LogP contribution in [-0.4, -0.2) is 29.6 Å². The molecule has 1 heterocycles. The molecule has 0 unspecified atom stereocenters. The van der Waals surface area contributed by atoms with Crippen LogP contribution in [0.25, 0.3) is 0 Å². The highest BCUT2D eigenvalue weighted by Gasteiger charge is 2.17. The Morgan fingerprint density at radius 1 is 1.24 bits per heavy atom. The number of pyridine rings is 1. The van der Waals surface area contributed by atoms with Crippen LogP contribution in [0.15, 0.2) is 41.6 Å². The van der Waals surface area contributed by atoms with E-state index in [-0.39, 0.29) is 21.2 Å². The molecule has 0 spiro atoms. The zero-order chi connectivity index (χ0) is 15.6. The number of carboxylic acid groups (broad SMARTS) is 1. The lowest BCUT2D eigenvalue weighted by atomic mass is 10.2. The van der Waals surface area contributed by atoms with Crippen molar-refractivity contribution in [2.24, 2.45) is 0 Å². The number of nitrogens with zero attached hydrogens (tertiary/aromatic N) is 1. The molecule has 0 fully saturated rings. The van der Waals surface area contributed by atoms with Crippen molar-refractivity contribution in [3.63, 3.8) is 0 Å². The minimum Gasteiger partial charge on any atom is -0.507 e. The third kappa shape index (κ3) is 3.41. The summed E-state index contributed by atoms with van der Waals surface area (Å²) in [5.41, 5.74) is -0.320. The zero-order valence-corrected chi connectivity index (χ0v) is 11.9. The van der Waals surface area contributed by atoms with Crippen LogP contribution in [0.5, 0.6) is 5.75 Å². The standard InChI is InChI=1S/C12H9ClN2O5S/c13-7-3-9(6-14-5-7)21(19,20)15-8-1-2-10(12(17)18)11(16)4-8/h1-6,15-16H,(H,17,18). The third-order valence-corrected chi connectivity index (χ3v) is 4.03. The average Bonchev–Trinajstić information content (AvgIpc) is 2.37. The molecule has 0 bridgehead atoms. The molecule has 3 N–H and O–H groups in total. The van der Waals surface area contributed by atoms with E-state index < -0.39 is 21.7 Å². The molecule has 2 aromatic rings. The lowest BCUT2D eigenvalue weighted by Gasteiger charge is -2.09. The van der Waals surface area contributed by atoms with E-state index >= 15 is 0 Å². The molecule has 0 aliphatic heterocycles. The summed E-state index contributed by atoms with van der Waals surface area (Å²) < 4.78 is 26.3. The molecule has 1 aromatic carbocycles. The highest BCUT2D eigenvalue weighted by Crippen LogP contribution is 2.24. The second-order valence-electron chi connectivity index (χ2n) is 3.98. The van der Waals surface area contributed by atoms with Crippen LogP contribution in [-0.2, 0) is 10.0 Å². The molecular formula is C12H9ClN2O5S. The van der Waals surface area contributed by atoms with E-state index in [0.29, 0.717) is 0 Å². The largest absolute Gasteiger partial charge is 0.507 e. The van der Waals surface area contributed by atoms with Crippen LogP contribution in [0.2, 0.25) is 5.02 Å². The van der Waals surface area contributed by atoms with Gasteiger partial charge in [-0.3, -0.25) is 9.71 Å². The number of rotatable bonds is 4. The lowest BCUT2D eigenvalue weighted by molar-refractivity contribution is 0.0694. The summed E-state index contributed by atoms with van der Waals surface area (Å²) in [5, 5.41) is 18.5. The first-order chi connectivity index (χ1) is 9.79. The van der Waals surface area contributed by atoms with E-state index in [4.69, 9.17) is 16.7 Å². The number of aromatic carboxylic acids is 1. The second kappa shape index (κ2) is 5.58. The Kier molecular flexibility index (Phi) is 4.01. The molecule has 110 valence electrons. The van der Waals surface area contributed by atoms with Gasteiger partial charge in [0.25, 0.3) is 10.0 Å². The van der Waals surface area contributed by atoms with Crippen molar-refractivity contribution in [2.75, 3.05) is 4.72 Å². The number of nitrogens with one attached hydrogen (secondary N) is 1. The van der Waals surface area contributed by atoms with Crippen LogP contribution < -0.4 is 4.72 Å². The van der Waals surface area contributed by atoms with Crippen molar-refractivity contribution < 1.29 is 23.4 Å². The number of phenols is 1. The Bertz CT molecular complexity index is 807. The number of aromatic nitrogens is 1. The summed E-state index contributed by atoms with van der Waals surface area (Å²) in [6, 6.07) is 4.52. The predicted molar refractivity (Wildman–Crippen MR) is 75.1 cm³/mol. The average molecular weight is 329 g/mol. The molecule has 2 rings (SSSR count). The Morgan fingerprint density at radius 3 is 2.52 bits per heavy atom. The fraction of sp³-hybridized carbons (Fsp3) is 0. The van der Waals surface area contributed by atoms with Crippen molar-refractivity contribution >= 4 is 33.3 Å². The Morgan fingerprint density at radius 2 is 1.95 bits per heavy atom. The molecular weight excluding hydrogens is 320 g/mol. The molecule has 0 saturated carbocycles. The van der Waals surface area contributed by atoms with E-state index in [2.05, 4.69) is 9.71 Å². The van der Waals surface area contributed by atoms with E-state index in [1.54, 1.807) is 0 Å². The molecule has 21 heavy (non-hydrogen) atoms. The smallest absolute Gasteiger partial charge is 0.339 e. The van der Waals surface area contributed by atoms with Gasteiger partial charge in [0.15, 0.2) is 0 Å². The highest BCUT2D eigenvalue weighted by atomic mass is 35.5. The van der Waals surface area contributed by atoms with Crippen molar-refractivity contribution in [2.45, 2.75) is 4.90 Å². The topological polar surface area (TPSA) is 117 Å². The summed E-state index contributed by atoms with van der Waals surface area (Å²) in [4.78, 5) is 14.3. The van der Waals surface area contributed by atoms with Crippen LogP contribution in [0, 0.1) is 0 Å². The lowest BCUT2D eigenvalue weighted by Crippen LogP contribution is -2.13. The van der Waals surface area contributed by atoms with Gasteiger partial charge in [0.05, 0.1) is 10.7 Å². The molecule has 0 atom stereocenters. The summed E-state index contributed by atoms with van der Waals surface area (Å²) in [6.45, 7) is 0. The molecule has 0 aliphatic carbocycles. The minimum absolute atomic E-state index is 0.0116. The SMILES string of the molecule is O=C(O)c1ccc(NS(=O)(=O)c2cncc(Cl)c2)cc1O. The van der Waals surface area contributed by atoms with Crippen LogP contribution in [0.1, 0.15) is 10.4 Å². The first-order valence-corrected chi connectivity index (χ1v) is 7.35. The van der Waals surface area contributed by atoms with Gasteiger partial charge in [0, 0.05) is 18.5 Å². The maximum atomic E-state index is 12.1. The summed E-state index contributed by atoms with van der Waals surface area (Å²) in [7, 11) is -3.94. The van der Waals surface area contributed by atoms with E-state index in [9.17, 15) is 18.3 Å². The Hall–Kier alpha value is -2.32. The van der Waals surface area contributed by atoms with Gasteiger partial charge in [-0.1, -0.05) is 11.6 Å². The molecule has 1 aromatic heterocycles. The number of carboxylic acids is 1. The van der Waals surface area contributed by atoms with Gasteiger partial charge in [-0.25, -0.2) is 13.2 Å². The van der Waals surface area contributed by atoms with Gasteiger partial charge in [-0.05, 0) is 18.2 Å². The fourth-order valence-electron chi connectivity index (χ4n) is 1.53. The summed E-state index contributed by atoms with van der Waals surface area (Å²) in [6.07, 6.45) is 2.40. The van der Waals surface area contributed by atoms with Gasteiger partial charge in [-0.15, -0.1) is 0 Å². The number of carbonyl (C=O) groups is 1. The summed E-state index contributed by atoms with van der Waals surface area (Å²) in [5.74, 6) is -1.87. The van der Waals surface area contributed by atoms with Crippen molar-refractivity contribution in [1.82, 2.24) is 4.98 Å². The Labute approximate surface area is 124 Å². The van der Waals surface area contributed by atoms with E-state index in [1.165, 1.54) is 18.3 Å². The molecule has 9 heteroatoms. The quantitative estimate of drug-likeness (QED) is 0.789. The zero-order valence-electron chi connectivity index (χ0n) is 10.3. The number of anilines is 1. The first kappa shape index (κ1) is 15.1. The maximum absolute atomic E-state index is 12.1. The van der Waals surface area contributed by atoms with Gasteiger partial charge in [0.1, 0.15) is 16.2 Å². The van der Waals surface area contributed by atoms with Gasteiger partial charge < -0.3 is 10.2 Å². The minimum atomic E-state index is -3.94. The number of benzene rings is 1. The third-order valence-electron chi connectivity index (χ3n) is 2.47. The van der Waals surface area contributed by atoms with Crippen LogP contribution >= 0.6 is 11.6 Å². The van der Waals surface area contributed by atoms with Gasteiger partial charge >= 0.3 is 5.97 Å². The van der Waals surface area contributed by atoms with Gasteiger partial charge in [0.2, 0.25) is 0 Å². The van der Waals surface area contributed by atoms with Crippen LogP contribution in [0.3, 0.4) is 0 Å². The monoisotopic (exact) mass is 328 g/mol. The van der Waals surface area contributed by atoms with Crippen molar-refractivity contribution in [1.29, 1.82) is 0 Å².